The van der Waals surface area contributed by atoms with Gasteiger partial charge in [-0.2, -0.15) is 0 Å². The molecule has 2 atom stereocenters. The van der Waals surface area contributed by atoms with E-state index in [1.54, 1.807) is 6.08 Å². The first-order valence-corrected chi connectivity index (χ1v) is 6.20. The van der Waals surface area contributed by atoms with Crippen LogP contribution in [0.3, 0.4) is 0 Å². The van der Waals surface area contributed by atoms with E-state index >= 15 is 0 Å². The van der Waals surface area contributed by atoms with Gasteiger partial charge in [-0.25, -0.2) is 0 Å². The Bertz CT molecular complexity index is 113. The zero-order valence-electron chi connectivity index (χ0n) is 11.1. The molecule has 0 aromatic carbocycles. The second-order valence-corrected chi connectivity index (χ2v) is 4.22. The molecule has 0 aliphatic heterocycles. The molecule has 0 saturated heterocycles. The molecule has 2 unspecified atom stereocenters. The first-order chi connectivity index (χ1) is 6.63. The second kappa shape index (κ2) is 10.8. The fourth-order valence-corrected chi connectivity index (χ4v) is 2.16. The van der Waals surface area contributed by atoms with Crippen LogP contribution in [0.5, 0.6) is 0 Å². The number of hydrogen-bond donors (Lipinski definition) is 0. The molecule has 0 bridgehead atoms. The molecular formula is C14H30. The molecule has 0 nitrogen and oxygen atoms in total. The first-order valence-electron chi connectivity index (χ1n) is 6.20. The molecule has 0 amide bonds. The lowest BCUT2D eigenvalue weighted by Gasteiger charge is -2.18. The lowest BCUT2D eigenvalue weighted by atomic mass is 9.87. The number of allylic oxidation sites excluding steroid dienone is 1. The molecule has 0 aromatic rings. The van der Waals surface area contributed by atoms with Gasteiger partial charge in [-0.05, 0) is 31.1 Å². The highest BCUT2D eigenvalue weighted by molar-refractivity contribution is 4.75. The maximum absolute atomic E-state index is 3.36. The van der Waals surface area contributed by atoms with Crippen molar-refractivity contribution in [2.45, 2.75) is 60.8 Å². The number of hydrogen-bond acceptors (Lipinski definition) is 0. The molecule has 0 heteroatoms. The van der Waals surface area contributed by atoms with Crippen LogP contribution >= 0.6 is 0 Å². The van der Waals surface area contributed by atoms with Gasteiger partial charge >= 0.3 is 0 Å². The zero-order valence-corrected chi connectivity index (χ0v) is 11.1. The Labute approximate surface area is 91.8 Å². The molecule has 0 radical (unpaired) electrons. The Morgan fingerprint density at radius 1 is 1.21 bits per heavy atom. The third-order valence-corrected chi connectivity index (χ3v) is 2.78. The minimum atomic E-state index is 0.919. The van der Waals surface area contributed by atoms with Crippen molar-refractivity contribution in [2.24, 2.45) is 17.8 Å². The fourth-order valence-electron chi connectivity index (χ4n) is 2.16. The van der Waals surface area contributed by atoms with Crippen molar-refractivity contribution in [3.63, 3.8) is 0 Å². The van der Waals surface area contributed by atoms with Crippen molar-refractivity contribution in [3.8, 4) is 0 Å². The highest BCUT2D eigenvalue weighted by Crippen LogP contribution is 2.35. The summed E-state index contributed by atoms with van der Waals surface area (Å²) in [6, 6.07) is 0. The zero-order chi connectivity index (χ0) is 11.6. The minimum Gasteiger partial charge on any atom is -0.103 e. The smallest absolute Gasteiger partial charge is 0.0365 e. The van der Waals surface area contributed by atoms with Crippen molar-refractivity contribution in [2.75, 3.05) is 0 Å². The molecule has 86 valence electrons. The Morgan fingerprint density at radius 3 is 1.79 bits per heavy atom. The van der Waals surface area contributed by atoms with E-state index in [9.17, 15) is 0 Å². The first kappa shape index (κ1) is 16.2. The third-order valence-electron chi connectivity index (χ3n) is 2.78. The van der Waals surface area contributed by atoms with Crippen molar-refractivity contribution in [1.29, 1.82) is 0 Å². The summed E-state index contributed by atoms with van der Waals surface area (Å²) in [5.41, 5.74) is 0. The van der Waals surface area contributed by atoms with Crippen LogP contribution in [0.25, 0.3) is 0 Å². The molecule has 1 rings (SSSR count). The molecular weight excluding hydrogens is 168 g/mol. The molecule has 1 aliphatic rings. The molecule has 0 N–H and O–H groups in total. The van der Waals surface area contributed by atoms with Gasteiger partial charge < -0.3 is 0 Å². The van der Waals surface area contributed by atoms with Gasteiger partial charge in [0, 0.05) is 0 Å². The average molecular weight is 198 g/mol. The van der Waals surface area contributed by atoms with Crippen LogP contribution in [0.15, 0.2) is 12.7 Å². The SMILES string of the molecule is C=CC.CC.CC(C)C1CCCC1C. The summed E-state index contributed by atoms with van der Waals surface area (Å²) in [5.74, 6) is 2.96. The summed E-state index contributed by atoms with van der Waals surface area (Å²) in [5, 5.41) is 0. The summed E-state index contributed by atoms with van der Waals surface area (Å²) >= 11 is 0. The lowest BCUT2D eigenvalue weighted by molar-refractivity contribution is 0.314. The Morgan fingerprint density at radius 2 is 1.64 bits per heavy atom. The summed E-state index contributed by atoms with van der Waals surface area (Å²) < 4.78 is 0. The van der Waals surface area contributed by atoms with Gasteiger partial charge in [-0.1, -0.05) is 53.5 Å². The van der Waals surface area contributed by atoms with E-state index in [1.807, 2.05) is 20.8 Å². The quantitative estimate of drug-likeness (QED) is 0.502. The van der Waals surface area contributed by atoms with Crippen molar-refractivity contribution < 1.29 is 0 Å². The van der Waals surface area contributed by atoms with Crippen molar-refractivity contribution >= 4 is 0 Å². The molecule has 14 heavy (non-hydrogen) atoms. The van der Waals surface area contributed by atoms with Crippen LogP contribution < -0.4 is 0 Å². The fraction of sp³-hybridized carbons (Fsp3) is 0.857. The van der Waals surface area contributed by atoms with Crippen LogP contribution in [0.4, 0.5) is 0 Å². The van der Waals surface area contributed by atoms with Gasteiger partial charge in [-0.3, -0.25) is 0 Å². The predicted molar refractivity (Wildman–Crippen MR) is 68.6 cm³/mol. The largest absolute Gasteiger partial charge is 0.103 e. The van der Waals surface area contributed by atoms with Gasteiger partial charge in [0.1, 0.15) is 0 Å². The summed E-state index contributed by atoms with van der Waals surface area (Å²) in [4.78, 5) is 0. The van der Waals surface area contributed by atoms with Crippen molar-refractivity contribution in [3.05, 3.63) is 12.7 Å². The van der Waals surface area contributed by atoms with E-state index in [-0.39, 0.29) is 0 Å². The van der Waals surface area contributed by atoms with E-state index in [4.69, 9.17) is 0 Å². The highest BCUT2D eigenvalue weighted by atomic mass is 14.3. The normalized spacial score (nSPS) is 24.5. The standard InChI is InChI=1S/C9H18.C3H6.C2H6/c1-7(2)9-6-4-5-8(9)3;1-3-2;1-2/h7-9H,4-6H2,1-3H3;3H,1H2,2H3;1-2H3. The van der Waals surface area contributed by atoms with Gasteiger partial charge in [0.15, 0.2) is 0 Å². The van der Waals surface area contributed by atoms with Crippen LogP contribution in [0.1, 0.15) is 60.8 Å². The van der Waals surface area contributed by atoms with E-state index < -0.39 is 0 Å². The molecule has 0 spiro atoms. The monoisotopic (exact) mass is 198 g/mol. The predicted octanol–water partition coefficient (Wildman–Crippen LogP) is 5.30. The second-order valence-electron chi connectivity index (χ2n) is 4.22. The molecule has 1 saturated carbocycles. The Balaban J connectivity index is 0. The van der Waals surface area contributed by atoms with Gasteiger partial charge in [-0.15, -0.1) is 6.58 Å². The maximum Gasteiger partial charge on any atom is -0.0365 e. The van der Waals surface area contributed by atoms with E-state index in [0.717, 1.165) is 17.8 Å². The van der Waals surface area contributed by atoms with Crippen LogP contribution in [-0.2, 0) is 0 Å². The van der Waals surface area contributed by atoms with Crippen LogP contribution in [-0.4, -0.2) is 0 Å². The maximum atomic E-state index is 3.36. The third kappa shape index (κ3) is 7.17. The van der Waals surface area contributed by atoms with Crippen LogP contribution in [0, 0.1) is 17.8 Å². The van der Waals surface area contributed by atoms with E-state index in [1.165, 1.54) is 19.3 Å². The topological polar surface area (TPSA) is 0 Å². The summed E-state index contributed by atoms with van der Waals surface area (Å²) in [6.45, 7) is 16.4. The molecule has 0 aromatic heterocycles. The Kier molecular flexibility index (Phi) is 12.5. The van der Waals surface area contributed by atoms with Crippen LogP contribution in [0.2, 0.25) is 0 Å². The molecule has 1 aliphatic carbocycles. The van der Waals surface area contributed by atoms with Gasteiger partial charge in [0.2, 0.25) is 0 Å². The van der Waals surface area contributed by atoms with Gasteiger partial charge in [0.25, 0.3) is 0 Å². The summed E-state index contributed by atoms with van der Waals surface area (Å²) in [7, 11) is 0. The summed E-state index contributed by atoms with van der Waals surface area (Å²) in [6.07, 6.45) is 6.19. The Hall–Kier alpha value is -0.260. The van der Waals surface area contributed by atoms with E-state index in [2.05, 4.69) is 27.4 Å². The highest BCUT2D eigenvalue weighted by Gasteiger charge is 2.25. The average Bonchev–Trinajstić information content (AvgIpc) is 2.56. The minimum absolute atomic E-state index is 0.919. The van der Waals surface area contributed by atoms with Crippen molar-refractivity contribution in [1.82, 2.24) is 0 Å². The molecule has 1 fully saturated rings. The van der Waals surface area contributed by atoms with Gasteiger partial charge in [0.05, 0.1) is 0 Å². The number of rotatable bonds is 1. The molecule has 0 heterocycles. The van der Waals surface area contributed by atoms with E-state index in [0.29, 0.717) is 0 Å². The lowest BCUT2D eigenvalue weighted by Crippen LogP contribution is -2.10.